The zero-order valence-corrected chi connectivity index (χ0v) is 8.93. The zero-order chi connectivity index (χ0) is 8.97. The van der Waals surface area contributed by atoms with Crippen LogP contribution in [0.15, 0.2) is 16.9 Å². The molecule has 0 aliphatic rings. The number of rotatable bonds is 3. The van der Waals surface area contributed by atoms with Crippen molar-refractivity contribution in [1.29, 1.82) is 0 Å². The monoisotopic (exact) mass is 249 g/mol. The first kappa shape index (κ1) is 9.74. The van der Waals surface area contributed by atoms with E-state index in [0.717, 1.165) is 4.47 Å². The molecule has 1 atom stereocenters. The standard InChI is InChI=1S/C7H9BrClN3/c1-5(9)2-10-7-11-3-6(8)4-12-7/h3-5H,2H2,1H3,(H,10,11,12). The SMILES string of the molecule is CC(Cl)CNc1ncc(Br)cn1. The predicted molar refractivity (Wildman–Crippen MR) is 53.5 cm³/mol. The van der Waals surface area contributed by atoms with Crippen LogP contribution in [0.4, 0.5) is 5.95 Å². The molecule has 0 aromatic carbocycles. The summed E-state index contributed by atoms with van der Waals surface area (Å²) in [6, 6.07) is 0. The molecular weight excluding hydrogens is 241 g/mol. The fraction of sp³-hybridized carbons (Fsp3) is 0.429. The Bertz CT molecular complexity index is 237. The summed E-state index contributed by atoms with van der Waals surface area (Å²) in [7, 11) is 0. The molecule has 0 saturated heterocycles. The van der Waals surface area contributed by atoms with E-state index >= 15 is 0 Å². The Labute approximate surface area is 84.7 Å². The fourth-order valence-corrected chi connectivity index (χ4v) is 0.917. The third-order valence-electron chi connectivity index (χ3n) is 1.16. The quantitative estimate of drug-likeness (QED) is 0.837. The minimum Gasteiger partial charge on any atom is -0.353 e. The summed E-state index contributed by atoms with van der Waals surface area (Å²) in [4.78, 5) is 8.04. The molecule has 1 unspecified atom stereocenters. The van der Waals surface area contributed by atoms with Gasteiger partial charge in [0.05, 0.1) is 4.47 Å². The van der Waals surface area contributed by atoms with Gasteiger partial charge < -0.3 is 5.32 Å². The summed E-state index contributed by atoms with van der Waals surface area (Å²) in [5, 5.41) is 3.08. The number of halogens is 2. The predicted octanol–water partition coefficient (Wildman–Crippen LogP) is 2.28. The van der Waals surface area contributed by atoms with Crippen LogP contribution in [-0.4, -0.2) is 21.9 Å². The second-order valence-electron chi connectivity index (χ2n) is 2.39. The molecule has 0 fully saturated rings. The first-order valence-corrected chi connectivity index (χ1v) is 4.77. The second-order valence-corrected chi connectivity index (χ2v) is 4.05. The normalized spacial score (nSPS) is 12.6. The molecule has 0 aliphatic heterocycles. The van der Waals surface area contributed by atoms with Gasteiger partial charge in [0.25, 0.3) is 0 Å². The van der Waals surface area contributed by atoms with Crippen molar-refractivity contribution in [1.82, 2.24) is 9.97 Å². The van der Waals surface area contributed by atoms with Crippen LogP contribution < -0.4 is 5.32 Å². The highest BCUT2D eigenvalue weighted by molar-refractivity contribution is 9.10. The van der Waals surface area contributed by atoms with Gasteiger partial charge in [0, 0.05) is 24.3 Å². The Kier molecular flexibility index (Phi) is 3.75. The van der Waals surface area contributed by atoms with Crippen molar-refractivity contribution in [3.05, 3.63) is 16.9 Å². The van der Waals surface area contributed by atoms with Crippen LogP contribution in [0.1, 0.15) is 6.92 Å². The maximum absolute atomic E-state index is 5.73. The van der Waals surface area contributed by atoms with E-state index in [1.807, 2.05) is 6.92 Å². The van der Waals surface area contributed by atoms with Gasteiger partial charge >= 0.3 is 0 Å². The van der Waals surface area contributed by atoms with Crippen molar-refractivity contribution in [2.45, 2.75) is 12.3 Å². The van der Waals surface area contributed by atoms with Crippen LogP contribution in [0.2, 0.25) is 0 Å². The van der Waals surface area contributed by atoms with Crippen molar-refractivity contribution < 1.29 is 0 Å². The molecule has 0 aliphatic carbocycles. The largest absolute Gasteiger partial charge is 0.353 e. The van der Waals surface area contributed by atoms with Crippen molar-refractivity contribution in [2.75, 3.05) is 11.9 Å². The van der Waals surface area contributed by atoms with Crippen LogP contribution >= 0.6 is 27.5 Å². The number of hydrogen-bond acceptors (Lipinski definition) is 3. The Balaban J connectivity index is 2.48. The number of hydrogen-bond donors (Lipinski definition) is 1. The molecule has 0 amide bonds. The van der Waals surface area contributed by atoms with E-state index in [1.165, 1.54) is 0 Å². The summed E-state index contributed by atoms with van der Waals surface area (Å²) in [6.45, 7) is 2.58. The first-order chi connectivity index (χ1) is 5.68. The summed E-state index contributed by atoms with van der Waals surface area (Å²) in [5.74, 6) is 0.603. The lowest BCUT2D eigenvalue weighted by Gasteiger charge is -2.04. The van der Waals surface area contributed by atoms with Crippen molar-refractivity contribution in [2.24, 2.45) is 0 Å². The molecule has 0 bridgehead atoms. The van der Waals surface area contributed by atoms with Gasteiger partial charge in [-0.2, -0.15) is 0 Å². The van der Waals surface area contributed by atoms with E-state index in [2.05, 4.69) is 31.2 Å². The van der Waals surface area contributed by atoms with E-state index < -0.39 is 0 Å². The number of anilines is 1. The molecule has 1 N–H and O–H groups in total. The number of alkyl halides is 1. The van der Waals surface area contributed by atoms with Gasteiger partial charge in [0.15, 0.2) is 0 Å². The van der Waals surface area contributed by atoms with Gasteiger partial charge in [-0.25, -0.2) is 9.97 Å². The molecule has 1 aromatic rings. The second kappa shape index (κ2) is 4.62. The van der Waals surface area contributed by atoms with Crippen LogP contribution in [-0.2, 0) is 0 Å². The Morgan fingerprint density at radius 3 is 2.67 bits per heavy atom. The molecular formula is C7H9BrClN3. The average Bonchev–Trinajstić information content (AvgIpc) is 2.03. The molecule has 12 heavy (non-hydrogen) atoms. The maximum Gasteiger partial charge on any atom is 0.222 e. The van der Waals surface area contributed by atoms with Gasteiger partial charge in [-0.15, -0.1) is 11.6 Å². The molecule has 0 radical (unpaired) electrons. The minimum absolute atomic E-state index is 0.0808. The van der Waals surface area contributed by atoms with Crippen LogP contribution in [0.25, 0.3) is 0 Å². The average molecular weight is 251 g/mol. The topological polar surface area (TPSA) is 37.8 Å². The highest BCUT2D eigenvalue weighted by Crippen LogP contribution is 2.06. The molecule has 0 saturated carbocycles. The van der Waals surface area contributed by atoms with Gasteiger partial charge in [-0.1, -0.05) is 0 Å². The lowest BCUT2D eigenvalue weighted by atomic mass is 10.5. The van der Waals surface area contributed by atoms with E-state index in [9.17, 15) is 0 Å². The van der Waals surface area contributed by atoms with Gasteiger partial charge in [-0.05, 0) is 22.9 Å². The van der Waals surface area contributed by atoms with E-state index in [4.69, 9.17) is 11.6 Å². The summed E-state index contributed by atoms with van der Waals surface area (Å²) in [6.07, 6.45) is 3.38. The Morgan fingerprint density at radius 1 is 1.58 bits per heavy atom. The van der Waals surface area contributed by atoms with Crippen molar-refractivity contribution in [3.63, 3.8) is 0 Å². The smallest absolute Gasteiger partial charge is 0.222 e. The summed E-state index contributed by atoms with van der Waals surface area (Å²) >= 11 is 8.98. The summed E-state index contributed by atoms with van der Waals surface area (Å²) in [5.41, 5.74) is 0. The third-order valence-corrected chi connectivity index (χ3v) is 1.73. The number of aromatic nitrogens is 2. The van der Waals surface area contributed by atoms with Gasteiger partial charge in [0.2, 0.25) is 5.95 Å². The van der Waals surface area contributed by atoms with Crippen LogP contribution in [0, 0.1) is 0 Å². The molecule has 1 aromatic heterocycles. The number of nitrogens with one attached hydrogen (secondary N) is 1. The van der Waals surface area contributed by atoms with Crippen LogP contribution in [0.5, 0.6) is 0 Å². The fourth-order valence-electron chi connectivity index (χ4n) is 0.635. The molecule has 0 spiro atoms. The molecule has 3 nitrogen and oxygen atoms in total. The van der Waals surface area contributed by atoms with Crippen molar-refractivity contribution in [3.8, 4) is 0 Å². The van der Waals surface area contributed by atoms with Gasteiger partial charge in [-0.3, -0.25) is 0 Å². The van der Waals surface area contributed by atoms with Gasteiger partial charge in [0.1, 0.15) is 0 Å². The maximum atomic E-state index is 5.73. The van der Waals surface area contributed by atoms with Crippen molar-refractivity contribution >= 4 is 33.5 Å². The highest BCUT2D eigenvalue weighted by atomic mass is 79.9. The Hall–Kier alpha value is -0.350. The highest BCUT2D eigenvalue weighted by Gasteiger charge is 1.97. The Morgan fingerprint density at radius 2 is 2.17 bits per heavy atom. The first-order valence-electron chi connectivity index (χ1n) is 3.54. The third kappa shape index (κ3) is 3.36. The lowest BCUT2D eigenvalue weighted by molar-refractivity contribution is 0.958. The minimum atomic E-state index is 0.0808. The van der Waals surface area contributed by atoms with Crippen LogP contribution in [0.3, 0.4) is 0 Å². The number of nitrogens with zero attached hydrogens (tertiary/aromatic N) is 2. The summed E-state index contributed by atoms with van der Waals surface area (Å²) < 4.78 is 0.868. The molecule has 5 heteroatoms. The molecule has 1 rings (SSSR count). The zero-order valence-electron chi connectivity index (χ0n) is 6.59. The molecule has 66 valence electrons. The van der Waals surface area contributed by atoms with E-state index in [0.29, 0.717) is 12.5 Å². The lowest BCUT2D eigenvalue weighted by Crippen LogP contribution is -2.12. The van der Waals surface area contributed by atoms with E-state index in [-0.39, 0.29) is 5.38 Å². The molecule has 1 heterocycles. The van der Waals surface area contributed by atoms with E-state index in [1.54, 1.807) is 12.4 Å².